The predicted octanol–water partition coefficient (Wildman–Crippen LogP) is 3.79. The van der Waals surface area contributed by atoms with Gasteiger partial charge in [0, 0.05) is 37.8 Å². The fraction of sp³-hybridized carbons (Fsp3) is 0.519. The molecule has 2 aromatic carbocycles. The monoisotopic (exact) mass is 499 g/mol. The quantitative estimate of drug-likeness (QED) is 0.627. The third-order valence-corrected chi connectivity index (χ3v) is 8.82. The van der Waals surface area contributed by atoms with E-state index in [1.54, 1.807) is 18.2 Å². The fourth-order valence-electron chi connectivity index (χ4n) is 5.05. The minimum Gasteiger partial charge on any atom is -0.373 e. The highest BCUT2D eigenvalue weighted by molar-refractivity contribution is 7.89. The van der Waals surface area contributed by atoms with Gasteiger partial charge in [-0.1, -0.05) is 36.8 Å². The molecule has 3 atom stereocenters. The number of sulfonamides is 1. The Morgan fingerprint density at radius 1 is 1.00 bits per heavy atom. The summed E-state index contributed by atoms with van der Waals surface area (Å²) in [4.78, 5) is 15.6. The van der Waals surface area contributed by atoms with E-state index in [9.17, 15) is 13.2 Å². The zero-order valence-electron chi connectivity index (χ0n) is 20.9. The molecular formula is C27H37N3O4S. The number of rotatable bonds is 7. The van der Waals surface area contributed by atoms with Gasteiger partial charge in [0.1, 0.15) is 0 Å². The summed E-state index contributed by atoms with van der Waals surface area (Å²) in [5.74, 6) is -0.285. The SMILES string of the molecule is C[C@@H]1CN(S(=O)(=O)c2cccc(C(=O)NCc3ccccc3CN3CCCC[C@@H]3C)c2)C[C@@H](C)O1. The van der Waals surface area contributed by atoms with Crippen LogP contribution in [0, 0.1) is 0 Å². The van der Waals surface area contributed by atoms with Crippen molar-refractivity contribution in [2.75, 3.05) is 19.6 Å². The first-order valence-electron chi connectivity index (χ1n) is 12.6. The van der Waals surface area contributed by atoms with E-state index < -0.39 is 10.0 Å². The number of morpholine rings is 1. The van der Waals surface area contributed by atoms with E-state index >= 15 is 0 Å². The number of benzene rings is 2. The molecule has 4 rings (SSSR count). The maximum Gasteiger partial charge on any atom is 0.251 e. The average Bonchev–Trinajstić information content (AvgIpc) is 2.84. The molecule has 2 saturated heterocycles. The molecule has 0 saturated carbocycles. The number of hydrogen-bond donors (Lipinski definition) is 1. The Bertz CT molecular complexity index is 1130. The van der Waals surface area contributed by atoms with Crippen molar-refractivity contribution in [3.05, 3.63) is 65.2 Å². The molecule has 2 fully saturated rings. The van der Waals surface area contributed by atoms with Crippen LogP contribution in [0.3, 0.4) is 0 Å². The van der Waals surface area contributed by atoms with Crippen LogP contribution in [-0.2, 0) is 27.8 Å². The molecule has 0 aromatic heterocycles. The summed E-state index contributed by atoms with van der Waals surface area (Å²) in [5.41, 5.74) is 2.63. The van der Waals surface area contributed by atoms with Crippen LogP contribution in [0.5, 0.6) is 0 Å². The molecule has 1 amide bonds. The van der Waals surface area contributed by atoms with Crippen molar-refractivity contribution >= 4 is 15.9 Å². The van der Waals surface area contributed by atoms with Gasteiger partial charge in [-0.2, -0.15) is 4.31 Å². The van der Waals surface area contributed by atoms with Gasteiger partial charge in [-0.05, 0) is 69.5 Å². The molecule has 0 spiro atoms. The van der Waals surface area contributed by atoms with Crippen LogP contribution in [0.2, 0.25) is 0 Å². The maximum absolute atomic E-state index is 13.2. The highest BCUT2D eigenvalue weighted by Gasteiger charge is 2.32. The molecule has 2 heterocycles. The van der Waals surface area contributed by atoms with Crippen molar-refractivity contribution in [1.82, 2.24) is 14.5 Å². The largest absolute Gasteiger partial charge is 0.373 e. The first-order valence-corrected chi connectivity index (χ1v) is 14.0. The van der Waals surface area contributed by atoms with Gasteiger partial charge in [-0.15, -0.1) is 0 Å². The molecule has 2 aromatic rings. The number of amides is 1. The molecule has 35 heavy (non-hydrogen) atoms. The Morgan fingerprint density at radius 3 is 2.43 bits per heavy atom. The van der Waals surface area contributed by atoms with E-state index in [4.69, 9.17) is 4.74 Å². The number of ether oxygens (including phenoxy) is 1. The second-order valence-corrected chi connectivity index (χ2v) is 11.8. The number of nitrogens with zero attached hydrogens (tertiary/aromatic N) is 2. The van der Waals surface area contributed by atoms with Crippen molar-refractivity contribution in [1.29, 1.82) is 0 Å². The van der Waals surface area contributed by atoms with Crippen LogP contribution in [0.15, 0.2) is 53.4 Å². The molecule has 1 N–H and O–H groups in total. The first kappa shape index (κ1) is 25.8. The van der Waals surface area contributed by atoms with Crippen LogP contribution in [0.4, 0.5) is 0 Å². The summed E-state index contributed by atoms with van der Waals surface area (Å²) >= 11 is 0. The summed E-state index contributed by atoms with van der Waals surface area (Å²) in [7, 11) is -3.71. The van der Waals surface area contributed by atoms with Gasteiger partial charge in [0.05, 0.1) is 17.1 Å². The maximum atomic E-state index is 13.2. The lowest BCUT2D eigenvalue weighted by atomic mass is 10.0. The summed E-state index contributed by atoms with van der Waals surface area (Å²) in [6.45, 7) is 8.99. The Labute approximate surface area is 209 Å². The number of piperidine rings is 1. The zero-order valence-corrected chi connectivity index (χ0v) is 21.8. The average molecular weight is 500 g/mol. The minimum atomic E-state index is -3.71. The topological polar surface area (TPSA) is 79.0 Å². The van der Waals surface area contributed by atoms with Gasteiger partial charge in [0.25, 0.3) is 5.91 Å². The Hall–Kier alpha value is -2.26. The van der Waals surface area contributed by atoms with Gasteiger partial charge in [0.2, 0.25) is 10.0 Å². The van der Waals surface area contributed by atoms with Gasteiger partial charge >= 0.3 is 0 Å². The highest BCUT2D eigenvalue weighted by Crippen LogP contribution is 2.23. The number of nitrogens with one attached hydrogen (secondary N) is 1. The third-order valence-electron chi connectivity index (χ3n) is 6.99. The Balaban J connectivity index is 1.44. The predicted molar refractivity (Wildman–Crippen MR) is 137 cm³/mol. The normalized spacial score (nSPS) is 24.3. The van der Waals surface area contributed by atoms with Crippen molar-refractivity contribution in [3.63, 3.8) is 0 Å². The number of likely N-dealkylation sites (tertiary alicyclic amines) is 1. The van der Waals surface area contributed by atoms with Gasteiger partial charge < -0.3 is 10.1 Å². The molecule has 7 nitrogen and oxygen atoms in total. The van der Waals surface area contributed by atoms with Crippen LogP contribution in [-0.4, -0.2) is 61.4 Å². The number of carbonyl (C=O) groups is 1. The summed E-state index contributed by atoms with van der Waals surface area (Å²) < 4.78 is 33.6. The fourth-order valence-corrected chi connectivity index (χ4v) is 6.68. The summed E-state index contributed by atoms with van der Waals surface area (Å²) in [6, 6.07) is 15.1. The molecule has 190 valence electrons. The first-order chi connectivity index (χ1) is 16.7. The van der Waals surface area contributed by atoms with Crippen molar-refractivity contribution in [3.8, 4) is 0 Å². The van der Waals surface area contributed by atoms with Crippen LogP contribution >= 0.6 is 0 Å². The second kappa shape index (κ2) is 11.2. The summed E-state index contributed by atoms with van der Waals surface area (Å²) in [5, 5.41) is 2.99. The van der Waals surface area contributed by atoms with Gasteiger partial charge in [0.15, 0.2) is 0 Å². The van der Waals surface area contributed by atoms with Crippen molar-refractivity contribution in [2.45, 2.75) is 76.3 Å². The van der Waals surface area contributed by atoms with Crippen molar-refractivity contribution < 1.29 is 17.9 Å². The molecular weight excluding hydrogens is 462 g/mol. The Kier molecular flexibility index (Phi) is 8.27. The molecule has 2 aliphatic rings. The Morgan fingerprint density at radius 2 is 1.71 bits per heavy atom. The van der Waals surface area contributed by atoms with E-state index in [1.165, 1.54) is 35.2 Å². The van der Waals surface area contributed by atoms with Gasteiger partial charge in [-0.3, -0.25) is 9.69 Å². The second-order valence-electron chi connectivity index (χ2n) is 9.87. The number of hydrogen-bond acceptors (Lipinski definition) is 5. The molecule has 0 unspecified atom stereocenters. The zero-order chi connectivity index (χ0) is 25.0. The molecule has 2 aliphatic heterocycles. The smallest absolute Gasteiger partial charge is 0.251 e. The molecule has 8 heteroatoms. The van der Waals surface area contributed by atoms with Crippen LogP contribution in [0.25, 0.3) is 0 Å². The lowest BCUT2D eigenvalue weighted by Crippen LogP contribution is -2.48. The standard InChI is InChI=1S/C27H37N3O4S/c1-20-9-6-7-14-29(20)19-25-11-5-4-10-24(25)16-28-27(31)23-12-8-13-26(15-23)35(32,33)30-17-21(2)34-22(3)18-30/h4-5,8,10-13,15,20-22H,6-7,9,14,16-19H2,1-3H3,(H,28,31)/t20-,21+,22+/m0/s1. The minimum absolute atomic E-state index is 0.130. The van der Waals surface area contributed by atoms with Gasteiger partial charge in [-0.25, -0.2) is 8.42 Å². The van der Waals surface area contributed by atoms with E-state index in [2.05, 4.69) is 23.2 Å². The summed E-state index contributed by atoms with van der Waals surface area (Å²) in [6.07, 6.45) is 3.39. The van der Waals surface area contributed by atoms with Crippen LogP contribution < -0.4 is 5.32 Å². The highest BCUT2D eigenvalue weighted by atomic mass is 32.2. The lowest BCUT2D eigenvalue weighted by molar-refractivity contribution is -0.0440. The van der Waals surface area contributed by atoms with E-state index in [0.29, 0.717) is 31.2 Å². The van der Waals surface area contributed by atoms with Crippen molar-refractivity contribution in [2.24, 2.45) is 0 Å². The van der Waals surface area contributed by atoms with E-state index in [1.807, 2.05) is 32.0 Å². The van der Waals surface area contributed by atoms with E-state index in [-0.39, 0.29) is 23.0 Å². The number of carbonyl (C=O) groups excluding carboxylic acids is 1. The molecule has 0 aliphatic carbocycles. The van der Waals surface area contributed by atoms with E-state index in [0.717, 1.165) is 18.7 Å². The lowest BCUT2D eigenvalue weighted by Gasteiger charge is -2.34. The van der Waals surface area contributed by atoms with Crippen LogP contribution in [0.1, 0.15) is 61.5 Å². The third kappa shape index (κ3) is 6.30. The molecule has 0 radical (unpaired) electrons. The molecule has 0 bridgehead atoms.